The van der Waals surface area contributed by atoms with Crippen LogP contribution in [0.5, 0.6) is 0 Å². The van der Waals surface area contributed by atoms with Gasteiger partial charge in [0, 0.05) is 12.7 Å². The van der Waals surface area contributed by atoms with E-state index in [0.29, 0.717) is 17.1 Å². The molecule has 0 aliphatic carbocycles. The molecule has 27 heavy (non-hydrogen) atoms. The summed E-state index contributed by atoms with van der Waals surface area (Å²) >= 11 is 1.46. The Hall–Kier alpha value is -2.74. The molecule has 0 bridgehead atoms. The Morgan fingerprint density at radius 3 is 2.56 bits per heavy atom. The Morgan fingerprint density at radius 1 is 1.22 bits per heavy atom. The monoisotopic (exact) mass is 389 g/mol. The number of amides is 1. The van der Waals surface area contributed by atoms with Gasteiger partial charge in [-0.05, 0) is 29.8 Å². The van der Waals surface area contributed by atoms with Crippen molar-refractivity contribution in [2.75, 3.05) is 12.9 Å². The van der Waals surface area contributed by atoms with E-state index in [9.17, 15) is 14.4 Å². The van der Waals surface area contributed by atoms with E-state index in [2.05, 4.69) is 4.74 Å². The first-order valence-electron chi connectivity index (χ1n) is 8.29. The molecular formula is C19H19NO6S. The van der Waals surface area contributed by atoms with E-state index in [1.165, 1.54) is 37.0 Å². The third-order valence-electron chi connectivity index (χ3n) is 4.18. The van der Waals surface area contributed by atoms with Gasteiger partial charge in [-0.1, -0.05) is 12.1 Å². The lowest BCUT2D eigenvalue weighted by atomic mass is 10.1. The highest BCUT2D eigenvalue weighted by molar-refractivity contribution is 7.99. The van der Waals surface area contributed by atoms with Crippen LogP contribution in [0.25, 0.3) is 0 Å². The highest BCUT2D eigenvalue weighted by atomic mass is 32.2. The number of rotatable bonds is 5. The molecule has 2 aromatic rings. The fourth-order valence-electron chi connectivity index (χ4n) is 2.83. The normalized spacial score (nSPS) is 19.0. The molecular weight excluding hydrogens is 370 g/mol. The van der Waals surface area contributed by atoms with Gasteiger partial charge in [0.2, 0.25) is 5.91 Å². The fourth-order valence-corrected chi connectivity index (χ4v) is 4.24. The Kier molecular flexibility index (Phi) is 5.85. The van der Waals surface area contributed by atoms with Crippen LogP contribution in [0.4, 0.5) is 0 Å². The molecule has 1 aliphatic rings. The summed E-state index contributed by atoms with van der Waals surface area (Å²) in [7, 11) is 1.31. The first-order valence-corrected chi connectivity index (χ1v) is 9.34. The molecule has 0 N–H and O–H groups in total. The molecule has 142 valence electrons. The standard InChI is InChI=1S/C19H19NO6S/c1-12(21)20-15(11-27-17(20)16-4-3-9-25-16)19(23)26-10-13-5-7-14(8-6-13)18(22)24-2/h3-9,15,17H,10-11H2,1-2H3/t15-,17-/m1/s1. The zero-order chi connectivity index (χ0) is 19.4. The molecule has 0 radical (unpaired) electrons. The van der Waals surface area contributed by atoms with Crippen molar-refractivity contribution < 1.29 is 28.3 Å². The van der Waals surface area contributed by atoms with Crippen molar-refractivity contribution in [3.05, 3.63) is 59.5 Å². The summed E-state index contributed by atoms with van der Waals surface area (Å²) in [4.78, 5) is 37.6. The molecule has 2 heterocycles. The van der Waals surface area contributed by atoms with Crippen LogP contribution in [-0.2, 0) is 25.7 Å². The second-order valence-electron chi connectivity index (χ2n) is 5.94. The zero-order valence-corrected chi connectivity index (χ0v) is 15.7. The Bertz CT molecular complexity index is 817. The number of ether oxygens (including phenoxy) is 2. The van der Waals surface area contributed by atoms with Gasteiger partial charge in [-0.2, -0.15) is 0 Å². The van der Waals surface area contributed by atoms with Crippen molar-refractivity contribution in [3.8, 4) is 0 Å². The van der Waals surface area contributed by atoms with E-state index in [-0.39, 0.29) is 17.9 Å². The number of thioether (sulfide) groups is 1. The average molecular weight is 389 g/mol. The summed E-state index contributed by atoms with van der Waals surface area (Å²) in [6, 6.07) is 9.46. The molecule has 1 fully saturated rings. The Labute approximate surface area is 160 Å². The van der Waals surface area contributed by atoms with Gasteiger partial charge in [-0.3, -0.25) is 4.79 Å². The summed E-state index contributed by atoms with van der Waals surface area (Å²) in [5.41, 5.74) is 1.16. The summed E-state index contributed by atoms with van der Waals surface area (Å²) in [6.07, 6.45) is 1.54. The molecule has 1 amide bonds. The number of carbonyl (C=O) groups excluding carboxylic acids is 3. The van der Waals surface area contributed by atoms with E-state index >= 15 is 0 Å². The number of carbonyl (C=O) groups is 3. The van der Waals surface area contributed by atoms with Crippen LogP contribution in [0, 0.1) is 0 Å². The highest BCUT2D eigenvalue weighted by Crippen LogP contribution is 2.41. The summed E-state index contributed by atoms with van der Waals surface area (Å²) in [6.45, 7) is 1.48. The van der Waals surface area contributed by atoms with Gasteiger partial charge < -0.3 is 18.8 Å². The second kappa shape index (κ2) is 8.30. The van der Waals surface area contributed by atoms with E-state index in [1.807, 2.05) is 0 Å². The molecule has 1 aliphatic heterocycles. The predicted octanol–water partition coefficient (Wildman–Crippen LogP) is 2.77. The van der Waals surface area contributed by atoms with Crippen LogP contribution >= 0.6 is 11.8 Å². The maximum Gasteiger partial charge on any atom is 0.337 e. The second-order valence-corrected chi connectivity index (χ2v) is 7.05. The summed E-state index contributed by atoms with van der Waals surface area (Å²) < 4.78 is 15.4. The lowest BCUT2D eigenvalue weighted by Gasteiger charge is -2.25. The van der Waals surface area contributed by atoms with Crippen molar-refractivity contribution in [3.63, 3.8) is 0 Å². The Morgan fingerprint density at radius 2 is 1.96 bits per heavy atom. The number of hydrogen-bond donors (Lipinski definition) is 0. The number of nitrogens with zero attached hydrogens (tertiary/aromatic N) is 1. The summed E-state index contributed by atoms with van der Waals surface area (Å²) in [5.74, 6) is -0.0495. The van der Waals surface area contributed by atoms with Gasteiger partial charge in [0.15, 0.2) is 0 Å². The minimum Gasteiger partial charge on any atom is -0.466 e. The lowest BCUT2D eigenvalue weighted by molar-refractivity contribution is -0.154. The largest absolute Gasteiger partial charge is 0.466 e. The van der Waals surface area contributed by atoms with Crippen LogP contribution in [0.2, 0.25) is 0 Å². The molecule has 2 atom stereocenters. The van der Waals surface area contributed by atoms with Gasteiger partial charge >= 0.3 is 11.9 Å². The highest BCUT2D eigenvalue weighted by Gasteiger charge is 2.43. The molecule has 8 heteroatoms. The molecule has 0 spiro atoms. The quantitative estimate of drug-likeness (QED) is 0.727. The maximum atomic E-state index is 12.5. The van der Waals surface area contributed by atoms with Crippen molar-refractivity contribution in [1.82, 2.24) is 4.90 Å². The van der Waals surface area contributed by atoms with Crippen LogP contribution in [-0.4, -0.2) is 41.7 Å². The van der Waals surface area contributed by atoms with Gasteiger partial charge in [0.05, 0.1) is 18.9 Å². The lowest BCUT2D eigenvalue weighted by Crippen LogP contribution is -2.42. The molecule has 1 aromatic carbocycles. The molecule has 0 saturated carbocycles. The molecule has 7 nitrogen and oxygen atoms in total. The van der Waals surface area contributed by atoms with E-state index < -0.39 is 18.0 Å². The number of esters is 2. The van der Waals surface area contributed by atoms with Crippen molar-refractivity contribution in [2.45, 2.75) is 24.9 Å². The third-order valence-corrected chi connectivity index (χ3v) is 5.46. The molecule has 0 unspecified atom stereocenters. The first-order chi connectivity index (χ1) is 13.0. The minimum absolute atomic E-state index is 0.0542. The first kappa shape index (κ1) is 19.0. The van der Waals surface area contributed by atoms with Crippen LogP contribution < -0.4 is 0 Å². The predicted molar refractivity (Wildman–Crippen MR) is 97.8 cm³/mol. The van der Waals surface area contributed by atoms with E-state index in [0.717, 1.165) is 5.56 Å². The molecule has 1 aromatic heterocycles. The smallest absolute Gasteiger partial charge is 0.337 e. The number of furan rings is 1. The molecule has 1 saturated heterocycles. The van der Waals surface area contributed by atoms with E-state index in [4.69, 9.17) is 9.15 Å². The van der Waals surface area contributed by atoms with Crippen LogP contribution in [0.15, 0.2) is 47.1 Å². The van der Waals surface area contributed by atoms with Crippen molar-refractivity contribution >= 4 is 29.6 Å². The van der Waals surface area contributed by atoms with Crippen molar-refractivity contribution in [1.29, 1.82) is 0 Å². The van der Waals surface area contributed by atoms with Gasteiger partial charge in [-0.15, -0.1) is 11.8 Å². The summed E-state index contributed by atoms with van der Waals surface area (Å²) in [5, 5.41) is -0.339. The van der Waals surface area contributed by atoms with Gasteiger partial charge in [0.25, 0.3) is 0 Å². The number of methoxy groups -OCH3 is 1. The SMILES string of the molecule is COC(=O)c1ccc(COC(=O)[C@H]2CS[C@H](c3ccco3)N2C(C)=O)cc1. The maximum absolute atomic E-state index is 12.5. The number of benzene rings is 1. The fraction of sp³-hybridized carbons (Fsp3) is 0.316. The van der Waals surface area contributed by atoms with E-state index in [1.54, 1.807) is 36.4 Å². The number of hydrogen-bond acceptors (Lipinski definition) is 7. The van der Waals surface area contributed by atoms with Crippen LogP contribution in [0.1, 0.15) is 34.0 Å². The third kappa shape index (κ3) is 4.16. The van der Waals surface area contributed by atoms with Crippen LogP contribution in [0.3, 0.4) is 0 Å². The van der Waals surface area contributed by atoms with Gasteiger partial charge in [-0.25, -0.2) is 9.59 Å². The Balaban J connectivity index is 1.63. The van der Waals surface area contributed by atoms with Crippen molar-refractivity contribution in [2.24, 2.45) is 0 Å². The zero-order valence-electron chi connectivity index (χ0n) is 14.9. The van der Waals surface area contributed by atoms with Gasteiger partial charge in [0.1, 0.15) is 23.8 Å². The minimum atomic E-state index is -0.669. The average Bonchev–Trinajstić information content (AvgIpc) is 3.35. The topological polar surface area (TPSA) is 86.1 Å². The molecule has 3 rings (SSSR count).